The van der Waals surface area contributed by atoms with Crippen molar-refractivity contribution in [2.24, 2.45) is 5.92 Å². The van der Waals surface area contributed by atoms with Crippen molar-refractivity contribution in [1.29, 1.82) is 0 Å². The van der Waals surface area contributed by atoms with E-state index >= 15 is 0 Å². The topological polar surface area (TPSA) is 15.3 Å². The van der Waals surface area contributed by atoms with Crippen LogP contribution in [0.4, 0.5) is 0 Å². The van der Waals surface area contributed by atoms with Crippen LogP contribution in [0.2, 0.25) is 0 Å². The van der Waals surface area contributed by atoms with Crippen molar-refractivity contribution in [2.75, 3.05) is 26.7 Å². The third-order valence-corrected chi connectivity index (χ3v) is 4.48. The Morgan fingerprint density at radius 2 is 2.13 bits per heavy atom. The monoisotopic (exact) mass is 210 g/mol. The smallest absolute Gasteiger partial charge is 0.0179 e. The van der Waals surface area contributed by atoms with Gasteiger partial charge in [-0.15, -0.1) is 0 Å². The fourth-order valence-corrected chi connectivity index (χ4v) is 3.06. The molecular weight excluding hydrogens is 184 g/mol. The predicted octanol–water partition coefficient (Wildman–Crippen LogP) is 2.25. The Bertz CT molecular complexity index is 193. The van der Waals surface area contributed by atoms with E-state index in [0.29, 0.717) is 5.54 Å². The standard InChI is InChI=1S/C13H26N2/c1-3-13(7-5-8-13)14-10-12-6-4-9-15(2)11-12/h12,14H,3-11H2,1-2H3. The van der Waals surface area contributed by atoms with E-state index in [0.717, 1.165) is 5.92 Å². The maximum absolute atomic E-state index is 3.85. The number of hydrogen-bond acceptors (Lipinski definition) is 2. The molecule has 0 spiro atoms. The summed E-state index contributed by atoms with van der Waals surface area (Å²) in [4.78, 5) is 2.48. The normalized spacial score (nSPS) is 31.2. The van der Waals surface area contributed by atoms with Crippen LogP contribution in [0.5, 0.6) is 0 Å². The molecule has 1 unspecified atom stereocenters. The molecule has 1 saturated heterocycles. The Morgan fingerprint density at radius 1 is 1.33 bits per heavy atom. The molecule has 1 N–H and O–H groups in total. The molecular formula is C13H26N2. The number of likely N-dealkylation sites (tertiary alicyclic amines) is 1. The van der Waals surface area contributed by atoms with Crippen LogP contribution < -0.4 is 5.32 Å². The lowest BCUT2D eigenvalue weighted by molar-refractivity contribution is 0.143. The van der Waals surface area contributed by atoms with E-state index in [4.69, 9.17) is 0 Å². The number of hydrogen-bond donors (Lipinski definition) is 1. The van der Waals surface area contributed by atoms with Gasteiger partial charge in [-0.3, -0.25) is 0 Å². The number of piperidine rings is 1. The van der Waals surface area contributed by atoms with Crippen molar-refractivity contribution in [2.45, 2.75) is 51.0 Å². The Kier molecular flexibility index (Phi) is 3.68. The van der Waals surface area contributed by atoms with E-state index in [1.165, 1.54) is 58.2 Å². The first-order chi connectivity index (χ1) is 7.24. The predicted molar refractivity (Wildman–Crippen MR) is 65.1 cm³/mol. The highest BCUT2D eigenvalue weighted by molar-refractivity contribution is 4.95. The molecule has 2 aliphatic rings. The minimum Gasteiger partial charge on any atom is -0.311 e. The third kappa shape index (κ3) is 2.73. The van der Waals surface area contributed by atoms with Gasteiger partial charge in [0.2, 0.25) is 0 Å². The lowest BCUT2D eigenvalue weighted by atomic mass is 9.74. The van der Waals surface area contributed by atoms with Crippen molar-refractivity contribution in [3.05, 3.63) is 0 Å². The highest BCUT2D eigenvalue weighted by Gasteiger charge is 2.35. The molecule has 88 valence electrons. The van der Waals surface area contributed by atoms with Crippen molar-refractivity contribution in [3.63, 3.8) is 0 Å². The van der Waals surface area contributed by atoms with Gasteiger partial charge in [0.15, 0.2) is 0 Å². The summed E-state index contributed by atoms with van der Waals surface area (Å²) in [6.07, 6.45) is 8.39. The van der Waals surface area contributed by atoms with E-state index in [-0.39, 0.29) is 0 Å². The summed E-state index contributed by atoms with van der Waals surface area (Å²) in [5.74, 6) is 0.896. The van der Waals surface area contributed by atoms with Gasteiger partial charge in [0, 0.05) is 12.1 Å². The summed E-state index contributed by atoms with van der Waals surface area (Å²) in [5.41, 5.74) is 0.538. The van der Waals surface area contributed by atoms with Gasteiger partial charge in [-0.1, -0.05) is 6.92 Å². The highest BCUT2D eigenvalue weighted by atomic mass is 15.1. The van der Waals surface area contributed by atoms with Gasteiger partial charge in [0.1, 0.15) is 0 Å². The molecule has 0 amide bonds. The summed E-state index contributed by atoms with van der Waals surface area (Å²) < 4.78 is 0. The molecule has 1 heterocycles. The van der Waals surface area contributed by atoms with Crippen LogP contribution in [0.15, 0.2) is 0 Å². The zero-order valence-electron chi connectivity index (χ0n) is 10.4. The second-order valence-corrected chi connectivity index (χ2v) is 5.64. The van der Waals surface area contributed by atoms with Crippen LogP contribution in [0, 0.1) is 5.92 Å². The maximum Gasteiger partial charge on any atom is 0.0179 e. The number of nitrogens with zero attached hydrogens (tertiary/aromatic N) is 1. The molecule has 2 heteroatoms. The van der Waals surface area contributed by atoms with Crippen molar-refractivity contribution in [1.82, 2.24) is 10.2 Å². The van der Waals surface area contributed by atoms with Gasteiger partial charge >= 0.3 is 0 Å². The second kappa shape index (κ2) is 4.84. The average molecular weight is 210 g/mol. The largest absolute Gasteiger partial charge is 0.311 e. The summed E-state index contributed by atoms with van der Waals surface area (Å²) in [6.45, 7) is 6.18. The molecule has 0 aromatic carbocycles. The SMILES string of the molecule is CCC1(NCC2CCCN(C)C2)CCC1. The average Bonchev–Trinajstić information content (AvgIpc) is 2.17. The van der Waals surface area contributed by atoms with E-state index in [1.54, 1.807) is 0 Å². The molecule has 0 aromatic rings. The molecule has 1 aliphatic heterocycles. The fraction of sp³-hybridized carbons (Fsp3) is 1.00. The Balaban J connectivity index is 1.72. The van der Waals surface area contributed by atoms with Gasteiger partial charge in [-0.25, -0.2) is 0 Å². The minimum absolute atomic E-state index is 0.538. The molecule has 0 aromatic heterocycles. The van der Waals surface area contributed by atoms with Crippen LogP contribution in [0.25, 0.3) is 0 Å². The first kappa shape index (κ1) is 11.4. The zero-order chi connectivity index (χ0) is 10.7. The van der Waals surface area contributed by atoms with Crippen LogP contribution >= 0.6 is 0 Å². The summed E-state index contributed by atoms with van der Waals surface area (Å²) >= 11 is 0. The fourth-order valence-electron chi connectivity index (χ4n) is 3.06. The van der Waals surface area contributed by atoms with E-state index in [1.807, 2.05) is 0 Å². The second-order valence-electron chi connectivity index (χ2n) is 5.64. The van der Waals surface area contributed by atoms with Crippen molar-refractivity contribution in [3.8, 4) is 0 Å². The van der Waals surface area contributed by atoms with Crippen LogP contribution in [-0.2, 0) is 0 Å². The van der Waals surface area contributed by atoms with Crippen LogP contribution in [0.1, 0.15) is 45.4 Å². The van der Waals surface area contributed by atoms with E-state index in [9.17, 15) is 0 Å². The van der Waals surface area contributed by atoms with Crippen molar-refractivity contribution >= 4 is 0 Å². The first-order valence-electron chi connectivity index (χ1n) is 6.68. The summed E-state index contributed by atoms with van der Waals surface area (Å²) in [5, 5.41) is 3.85. The first-order valence-corrected chi connectivity index (χ1v) is 6.68. The Hall–Kier alpha value is -0.0800. The van der Waals surface area contributed by atoms with Gasteiger partial charge in [-0.2, -0.15) is 0 Å². The zero-order valence-corrected chi connectivity index (χ0v) is 10.4. The van der Waals surface area contributed by atoms with Crippen molar-refractivity contribution < 1.29 is 0 Å². The highest BCUT2D eigenvalue weighted by Crippen LogP contribution is 2.34. The van der Waals surface area contributed by atoms with E-state index < -0.39 is 0 Å². The molecule has 2 fully saturated rings. The van der Waals surface area contributed by atoms with Crippen LogP contribution in [0.3, 0.4) is 0 Å². The molecule has 1 saturated carbocycles. The Morgan fingerprint density at radius 3 is 2.67 bits per heavy atom. The quantitative estimate of drug-likeness (QED) is 0.765. The lowest BCUT2D eigenvalue weighted by Crippen LogP contribution is -2.53. The van der Waals surface area contributed by atoms with Gasteiger partial charge in [0.25, 0.3) is 0 Å². The van der Waals surface area contributed by atoms with Gasteiger partial charge in [-0.05, 0) is 64.6 Å². The Labute approximate surface area is 94.4 Å². The van der Waals surface area contributed by atoms with Gasteiger partial charge in [0.05, 0.1) is 0 Å². The molecule has 15 heavy (non-hydrogen) atoms. The minimum atomic E-state index is 0.538. The lowest BCUT2D eigenvalue weighted by Gasteiger charge is -2.44. The number of rotatable bonds is 4. The molecule has 1 aliphatic carbocycles. The molecule has 2 nitrogen and oxygen atoms in total. The maximum atomic E-state index is 3.85. The molecule has 2 rings (SSSR count). The van der Waals surface area contributed by atoms with E-state index in [2.05, 4.69) is 24.2 Å². The summed E-state index contributed by atoms with van der Waals surface area (Å²) in [7, 11) is 2.26. The molecule has 1 atom stereocenters. The van der Waals surface area contributed by atoms with Crippen LogP contribution in [-0.4, -0.2) is 37.1 Å². The molecule has 0 bridgehead atoms. The number of nitrogens with one attached hydrogen (secondary N) is 1. The van der Waals surface area contributed by atoms with Gasteiger partial charge < -0.3 is 10.2 Å². The molecule has 0 radical (unpaired) electrons. The summed E-state index contributed by atoms with van der Waals surface area (Å²) in [6, 6.07) is 0. The third-order valence-electron chi connectivity index (χ3n) is 4.48.